The van der Waals surface area contributed by atoms with Gasteiger partial charge in [0.05, 0.1) is 11.7 Å². The lowest BCUT2D eigenvalue weighted by Crippen LogP contribution is -2.44. The molecule has 1 fully saturated rings. The summed E-state index contributed by atoms with van der Waals surface area (Å²) in [6.45, 7) is 2.11. The number of carbonyl (C=O) groups excluding carboxylic acids is 1. The number of aryl methyl sites for hydroxylation is 1. The molecule has 0 aliphatic carbocycles. The van der Waals surface area contributed by atoms with E-state index in [0.717, 1.165) is 42.6 Å². The van der Waals surface area contributed by atoms with E-state index in [2.05, 4.69) is 28.3 Å². The average molecular weight is 308 g/mol. The van der Waals surface area contributed by atoms with Crippen molar-refractivity contribution >= 4 is 11.7 Å². The van der Waals surface area contributed by atoms with E-state index in [4.69, 9.17) is 0 Å². The molecule has 0 spiro atoms. The van der Waals surface area contributed by atoms with Gasteiger partial charge in [-0.05, 0) is 37.0 Å². The van der Waals surface area contributed by atoms with Gasteiger partial charge in [-0.25, -0.2) is 14.8 Å². The number of fused-ring (bicyclic) bond motifs is 4. The van der Waals surface area contributed by atoms with Crippen molar-refractivity contribution in [3.63, 3.8) is 0 Å². The molecule has 2 aliphatic heterocycles. The van der Waals surface area contributed by atoms with E-state index in [-0.39, 0.29) is 18.1 Å². The van der Waals surface area contributed by atoms with Gasteiger partial charge in [0.1, 0.15) is 6.33 Å². The van der Waals surface area contributed by atoms with E-state index in [9.17, 15) is 4.79 Å². The molecule has 5 nitrogen and oxygen atoms in total. The highest BCUT2D eigenvalue weighted by Gasteiger charge is 2.43. The second kappa shape index (κ2) is 5.65. The number of nitrogens with zero attached hydrogens (tertiary/aromatic N) is 3. The van der Waals surface area contributed by atoms with Crippen molar-refractivity contribution < 1.29 is 4.79 Å². The third-order valence-corrected chi connectivity index (χ3v) is 4.94. The molecule has 2 bridgehead atoms. The lowest BCUT2D eigenvalue weighted by molar-refractivity contribution is 0.178. The van der Waals surface area contributed by atoms with Crippen LogP contribution >= 0.6 is 0 Å². The van der Waals surface area contributed by atoms with Crippen LogP contribution in [0.1, 0.15) is 42.6 Å². The molecule has 23 heavy (non-hydrogen) atoms. The third-order valence-electron chi connectivity index (χ3n) is 4.94. The van der Waals surface area contributed by atoms with Crippen LogP contribution in [0.5, 0.6) is 0 Å². The molecule has 2 aliphatic rings. The summed E-state index contributed by atoms with van der Waals surface area (Å²) < 4.78 is 0. The zero-order valence-electron chi connectivity index (χ0n) is 13.2. The number of benzene rings is 1. The van der Waals surface area contributed by atoms with E-state index in [1.165, 1.54) is 5.56 Å². The van der Waals surface area contributed by atoms with Crippen LogP contribution in [0, 0.1) is 0 Å². The standard InChI is InChI=1S/C18H20N4O/c1-2-12-4-3-5-13(8-12)21-18(23)22-14-6-7-17(22)15-10-19-11-20-16(15)9-14/h3-5,8,10-11,14,17H,2,6-7,9H2,1H3,(H,21,23). The Labute approximate surface area is 135 Å². The first kappa shape index (κ1) is 14.2. The second-order valence-corrected chi connectivity index (χ2v) is 6.27. The number of urea groups is 1. The summed E-state index contributed by atoms with van der Waals surface area (Å²) in [5, 5.41) is 3.06. The van der Waals surface area contributed by atoms with Crippen LogP contribution in [0.3, 0.4) is 0 Å². The van der Waals surface area contributed by atoms with Crippen molar-refractivity contribution in [2.24, 2.45) is 0 Å². The molecule has 2 aromatic rings. The van der Waals surface area contributed by atoms with Gasteiger partial charge in [0.2, 0.25) is 0 Å². The normalized spacial score (nSPS) is 21.9. The molecule has 1 aromatic carbocycles. The summed E-state index contributed by atoms with van der Waals surface area (Å²) in [4.78, 5) is 23.3. The number of anilines is 1. The molecular formula is C18H20N4O. The molecule has 1 aromatic heterocycles. The van der Waals surface area contributed by atoms with Gasteiger partial charge in [0.15, 0.2) is 0 Å². The number of carbonyl (C=O) groups is 1. The van der Waals surface area contributed by atoms with Crippen LogP contribution in [0.4, 0.5) is 10.5 Å². The minimum Gasteiger partial charge on any atom is -0.314 e. The molecule has 4 rings (SSSR count). The fourth-order valence-electron chi connectivity index (χ4n) is 3.79. The average Bonchev–Trinajstić information content (AvgIpc) is 2.90. The lowest BCUT2D eigenvalue weighted by Gasteiger charge is -2.35. The maximum atomic E-state index is 12.8. The van der Waals surface area contributed by atoms with E-state index < -0.39 is 0 Å². The highest BCUT2D eigenvalue weighted by Crippen LogP contribution is 2.42. The number of hydrogen-bond acceptors (Lipinski definition) is 3. The van der Waals surface area contributed by atoms with Crippen LogP contribution in [-0.4, -0.2) is 26.9 Å². The molecule has 2 amide bonds. The Morgan fingerprint density at radius 1 is 1.39 bits per heavy atom. The summed E-state index contributed by atoms with van der Waals surface area (Å²) in [7, 11) is 0. The Balaban J connectivity index is 1.58. The molecule has 5 heteroatoms. The zero-order chi connectivity index (χ0) is 15.8. The lowest BCUT2D eigenvalue weighted by atomic mass is 10.00. The van der Waals surface area contributed by atoms with Crippen LogP contribution in [0.2, 0.25) is 0 Å². The van der Waals surface area contributed by atoms with Gasteiger partial charge in [-0.1, -0.05) is 19.1 Å². The summed E-state index contributed by atoms with van der Waals surface area (Å²) in [6.07, 6.45) is 7.29. The molecule has 2 atom stereocenters. The van der Waals surface area contributed by atoms with Crippen molar-refractivity contribution in [3.8, 4) is 0 Å². The molecule has 2 unspecified atom stereocenters. The predicted octanol–water partition coefficient (Wildman–Crippen LogP) is 3.33. The SMILES string of the molecule is CCc1cccc(NC(=O)N2C3CCC2c2cncnc2C3)c1. The van der Waals surface area contributed by atoms with Crippen LogP contribution < -0.4 is 5.32 Å². The fraction of sp³-hybridized carbons (Fsp3) is 0.389. The predicted molar refractivity (Wildman–Crippen MR) is 88.2 cm³/mol. The first-order chi connectivity index (χ1) is 11.3. The Hall–Kier alpha value is -2.43. The molecule has 3 heterocycles. The summed E-state index contributed by atoms with van der Waals surface area (Å²) in [5.74, 6) is 0. The number of nitrogens with one attached hydrogen (secondary N) is 1. The maximum Gasteiger partial charge on any atom is 0.322 e. The van der Waals surface area contributed by atoms with Crippen molar-refractivity contribution in [3.05, 3.63) is 53.6 Å². The maximum absolute atomic E-state index is 12.8. The van der Waals surface area contributed by atoms with Crippen LogP contribution in [-0.2, 0) is 12.8 Å². The zero-order valence-corrected chi connectivity index (χ0v) is 13.2. The van der Waals surface area contributed by atoms with Gasteiger partial charge in [0.25, 0.3) is 0 Å². The monoisotopic (exact) mass is 308 g/mol. The largest absolute Gasteiger partial charge is 0.322 e. The summed E-state index contributed by atoms with van der Waals surface area (Å²) in [5.41, 5.74) is 4.30. The number of rotatable bonds is 2. The third kappa shape index (κ3) is 2.46. The highest BCUT2D eigenvalue weighted by molar-refractivity contribution is 5.90. The Morgan fingerprint density at radius 3 is 3.17 bits per heavy atom. The molecule has 118 valence electrons. The van der Waals surface area contributed by atoms with Gasteiger partial charge in [-0.2, -0.15) is 0 Å². The Morgan fingerprint density at radius 2 is 2.30 bits per heavy atom. The van der Waals surface area contributed by atoms with Crippen LogP contribution in [0.25, 0.3) is 0 Å². The highest BCUT2D eigenvalue weighted by atomic mass is 16.2. The Kier molecular flexibility index (Phi) is 3.48. The van der Waals surface area contributed by atoms with Crippen molar-refractivity contribution in [1.82, 2.24) is 14.9 Å². The minimum absolute atomic E-state index is 0.0137. The van der Waals surface area contributed by atoms with Gasteiger partial charge < -0.3 is 10.2 Å². The van der Waals surface area contributed by atoms with E-state index >= 15 is 0 Å². The molecular weight excluding hydrogens is 288 g/mol. The minimum atomic E-state index is -0.0137. The molecule has 0 radical (unpaired) electrons. The first-order valence-corrected chi connectivity index (χ1v) is 8.23. The molecule has 1 saturated heterocycles. The van der Waals surface area contributed by atoms with Gasteiger partial charge in [-0.15, -0.1) is 0 Å². The summed E-state index contributed by atoms with van der Waals surface area (Å²) >= 11 is 0. The van der Waals surface area contributed by atoms with E-state index in [1.807, 2.05) is 29.3 Å². The van der Waals surface area contributed by atoms with Crippen LogP contribution in [0.15, 0.2) is 36.8 Å². The second-order valence-electron chi connectivity index (χ2n) is 6.27. The summed E-state index contributed by atoms with van der Waals surface area (Å²) in [6, 6.07) is 8.40. The van der Waals surface area contributed by atoms with Crippen molar-refractivity contribution in [2.75, 3.05) is 5.32 Å². The topological polar surface area (TPSA) is 58.1 Å². The Bertz CT molecular complexity index is 745. The van der Waals surface area contributed by atoms with Gasteiger partial charge in [0, 0.05) is 29.9 Å². The quantitative estimate of drug-likeness (QED) is 0.925. The first-order valence-electron chi connectivity index (χ1n) is 8.23. The van der Waals surface area contributed by atoms with Gasteiger partial charge >= 0.3 is 6.03 Å². The molecule has 0 saturated carbocycles. The fourth-order valence-corrected chi connectivity index (χ4v) is 3.79. The van der Waals surface area contributed by atoms with Gasteiger partial charge in [-0.3, -0.25) is 0 Å². The number of amides is 2. The smallest absolute Gasteiger partial charge is 0.314 e. The number of hydrogen-bond donors (Lipinski definition) is 1. The molecule has 1 N–H and O–H groups in total. The van der Waals surface area contributed by atoms with Crippen molar-refractivity contribution in [2.45, 2.75) is 44.7 Å². The van der Waals surface area contributed by atoms with E-state index in [1.54, 1.807) is 6.33 Å². The number of aromatic nitrogens is 2. The van der Waals surface area contributed by atoms with E-state index in [0.29, 0.717) is 0 Å². The van der Waals surface area contributed by atoms with Crippen molar-refractivity contribution in [1.29, 1.82) is 0 Å².